The Hall–Kier alpha value is -1.30. The molecular weight excluding hydrogens is 216 g/mol. The summed E-state index contributed by atoms with van der Waals surface area (Å²) in [5.41, 5.74) is 7.41. The SMILES string of the molecule is CCCc1cc2cc(C(C)C)cccc-2c1CC. The molecule has 0 atom stereocenters. The van der Waals surface area contributed by atoms with Crippen LogP contribution in [0, 0.1) is 0 Å². The van der Waals surface area contributed by atoms with E-state index in [4.69, 9.17) is 0 Å². The minimum Gasteiger partial charge on any atom is -0.0651 e. The molecule has 0 aromatic rings. The van der Waals surface area contributed by atoms with Crippen molar-refractivity contribution in [2.45, 2.75) is 52.9 Å². The molecule has 0 aromatic heterocycles. The van der Waals surface area contributed by atoms with Gasteiger partial charge in [-0.25, -0.2) is 0 Å². The molecule has 18 heavy (non-hydrogen) atoms. The normalized spacial score (nSPS) is 11.4. The van der Waals surface area contributed by atoms with Crippen molar-refractivity contribution in [1.82, 2.24) is 0 Å². The number of aryl methyl sites for hydroxylation is 1. The second-order valence-corrected chi connectivity index (χ2v) is 5.45. The highest BCUT2D eigenvalue weighted by Crippen LogP contribution is 2.34. The van der Waals surface area contributed by atoms with Crippen molar-refractivity contribution in [2.75, 3.05) is 0 Å². The van der Waals surface area contributed by atoms with Gasteiger partial charge in [0.2, 0.25) is 0 Å². The van der Waals surface area contributed by atoms with Crippen molar-refractivity contribution in [2.24, 2.45) is 0 Å². The fourth-order valence-corrected chi connectivity index (χ4v) is 2.77. The molecule has 0 unspecified atom stereocenters. The molecule has 0 saturated carbocycles. The molecule has 0 aromatic carbocycles. The van der Waals surface area contributed by atoms with Gasteiger partial charge in [0.05, 0.1) is 0 Å². The van der Waals surface area contributed by atoms with Gasteiger partial charge >= 0.3 is 0 Å². The molecule has 96 valence electrons. The van der Waals surface area contributed by atoms with E-state index in [1.807, 2.05) is 0 Å². The first-order valence-corrected chi connectivity index (χ1v) is 7.21. The number of rotatable bonds is 4. The predicted octanol–water partition coefficient (Wildman–Crippen LogP) is 5.43. The first-order valence-electron chi connectivity index (χ1n) is 7.21. The van der Waals surface area contributed by atoms with E-state index in [9.17, 15) is 0 Å². The van der Waals surface area contributed by atoms with Crippen molar-refractivity contribution in [3.05, 3.63) is 47.0 Å². The fraction of sp³-hybridized carbons (Fsp3) is 0.444. The van der Waals surface area contributed by atoms with Crippen LogP contribution >= 0.6 is 0 Å². The number of fused-ring (bicyclic) bond motifs is 1. The zero-order valence-electron chi connectivity index (χ0n) is 12.1. The third-order valence-electron chi connectivity index (χ3n) is 3.77. The van der Waals surface area contributed by atoms with Crippen LogP contribution in [0.25, 0.3) is 11.1 Å². The Morgan fingerprint density at radius 2 is 1.83 bits per heavy atom. The predicted molar refractivity (Wildman–Crippen MR) is 80.5 cm³/mol. The maximum atomic E-state index is 2.41. The summed E-state index contributed by atoms with van der Waals surface area (Å²) in [7, 11) is 0. The van der Waals surface area contributed by atoms with Crippen LogP contribution in [0.3, 0.4) is 0 Å². The summed E-state index contributed by atoms with van der Waals surface area (Å²) in [6.45, 7) is 9.05. The largest absolute Gasteiger partial charge is 0.0651 e. The second-order valence-electron chi connectivity index (χ2n) is 5.45. The topological polar surface area (TPSA) is 0 Å². The summed E-state index contributed by atoms with van der Waals surface area (Å²) < 4.78 is 0. The van der Waals surface area contributed by atoms with E-state index >= 15 is 0 Å². The molecule has 0 fully saturated rings. The lowest BCUT2D eigenvalue weighted by atomic mass is 10.0. The van der Waals surface area contributed by atoms with Gasteiger partial charge < -0.3 is 0 Å². The Morgan fingerprint density at radius 1 is 1.06 bits per heavy atom. The van der Waals surface area contributed by atoms with Crippen LogP contribution in [-0.4, -0.2) is 0 Å². The quantitative estimate of drug-likeness (QED) is 0.668. The first kappa shape index (κ1) is 13.1. The van der Waals surface area contributed by atoms with Gasteiger partial charge in [0.15, 0.2) is 0 Å². The van der Waals surface area contributed by atoms with Crippen LogP contribution < -0.4 is 0 Å². The van der Waals surface area contributed by atoms with Gasteiger partial charge in [-0.05, 0) is 46.6 Å². The van der Waals surface area contributed by atoms with Gasteiger partial charge in [-0.15, -0.1) is 0 Å². The van der Waals surface area contributed by atoms with E-state index in [1.54, 1.807) is 11.1 Å². The molecule has 2 rings (SSSR count). The Morgan fingerprint density at radius 3 is 2.44 bits per heavy atom. The zero-order chi connectivity index (χ0) is 13.1. The van der Waals surface area contributed by atoms with Crippen LogP contribution in [-0.2, 0) is 12.8 Å². The summed E-state index contributed by atoms with van der Waals surface area (Å²) in [5, 5.41) is 0. The van der Waals surface area contributed by atoms with Crippen molar-refractivity contribution >= 4 is 0 Å². The molecule has 2 aliphatic rings. The summed E-state index contributed by atoms with van der Waals surface area (Å²) in [6, 6.07) is 11.5. The molecule has 0 heterocycles. The van der Waals surface area contributed by atoms with Crippen molar-refractivity contribution < 1.29 is 0 Å². The van der Waals surface area contributed by atoms with Crippen LogP contribution in [0.1, 0.15) is 56.7 Å². The number of hydrogen-bond acceptors (Lipinski definition) is 0. The molecule has 0 N–H and O–H groups in total. The summed E-state index contributed by atoms with van der Waals surface area (Å²) in [5.74, 6) is 0.593. The highest BCUT2D eigenvalue weighted by molar-refractivity contribution is 5.74. The van der Waals surface area contributed by atoms with Crippen molar-refractivity contribution in [1.29, 1.82) is 0 Å². The van der Waals surface area contributed by atoms with E-state index in [-0.39, 0.29) is 0 Å². The minimum absolute atomic E-state index is 0.593. The van der Waals surface area contributed by atoms with E-state index in [1.165, 1.54) is 29.5 Å². The summed E-state index contributed by atoms with van der Waals surface area (Å²) in [6.07, 6.45) is 3.57. The maximum absolute atomic E-state index is 2.41. The lowest BCUT2D eigenvalue weighted by Crippen LogP contribution is -1.86. The summed E-state index contributed by atoms with van der Waals surface area (Å²) in [4.78, 5) is 0. The van der Waals surface area contributed by atoms with E-state index in [0.29, 0.717) is 5.92 Å². The molecule has 0 spiro atoms. The Balaban J connectivity index is 2.58. The smallest absolute Gasteiger partial charge is 0.0149 e. The molecule has 0 nitrogen and oxygen atoms in total. The molecule has 0 heteroatoms. The Bertz CT molecular complexity index is 494. The number of hydrogen-bond donors (Lipinski definition) is 0. The van der Waals surface area contributed by atoms with Gasteiger partial charge in [-0.3, -0.25) is 0 Å². The maximum Gasteiger partial charge on any atom is -0.0149 e. The van der Waals surface area contributed by atoms with Gasteiger partial charge in [0.25, 0.3) is 0 Å². The van der Waals surface area contributed by atoms with Gasteiger partial charge in [-0.1, -0.05) is 64.4 Å². The highest BCUT2D eigenvalue weighted by Gasteiger charge is 2.13. The average Bonchev–Trinajstić information content (AvgIpc) is 2.53. The Kier molecular flexibility index (Phi) is 4.06. The molecular formula is C18H24. The summed E-state index contributed by atoms with van der Waals surface area (Å²) >= 11 is 0. The zero-order valence-corrected chi connectivity index (χ0v) is 12.1. The van der Waals surface area contributed by atoms with Crippen molar-refractivity contribution in [3.63, 3.8) is 0 Å². The minimum atomic E-state index is 0.593. The second kappa shape index (κ2) is 5.56. The lowest BCUT2D eigenvalue weighted by Gasteiger charge is -2.02. The first-order chi connectivity index (χ1) is 8.67. The lowest BCUT2D eigenvalue weighted by molar-refractivity contribution is 0.869. The van der Waals surface area contributed by atoms with Gasteiger partial charge in [0, 0.05) is 0 Å². The molecule has 0 radical (unpaired) electrons. The van der Waals surface area contributed by atoms with Crippen LogP contribution in [0.4, 0.5) is 0 Å². The Labute approximate surface area is 111 Å². The molecule has 2 aliphatic carbocycles. The molecule has 0 amide bonds. The van der Waals surface area contributed by atoms with E-state index in [2.05, 4.69) is 58.0 Å². The van der Waals surface area contributed by atoms with Crippen molar-refractivity contribution in [3.8, 4) is 11.1 Å². The molecule has 0 aliphatic heterocycles. The fourth-order valence-electron chi connectivity index (χ4n) is 2.77. The van der Waals surface area contributed by atoms with E-state index in [0.717, 1.165) is 6.42 Å². The average molecular weight is 240 g/mol. The van der Waals surface area contributed by atoms with Crippen LogP contribution in [0.2, 0.25) is 0 Å². The standard InChI is InChI=1S/C18H24/c1-5-8-15-12-16-11-14(13(3)4)9-7-10-18(16)17(15)6-2/h7,9-13H,5-6,8H2,1-4H3. The third-order valence-corrected chi connectivity index (χ3v) is 3.77. The van der Waals surface area contributed by atoms with E-state index < -0.39 is 0 Å². The monoisotopic (exact) mass is 240 g/mol. The molecule has 0 bridgehead atoms. The third kappa shape index (κ3) is 2.43. The van der Waals surface area contributed by atoms with Gasteiger partial charge in [-0.2, -0.15) is 0 Å². The van der Waals surface area contributed by atoms with Gasteiger partial charge in [0.1, 0.15) is 0 Å². The van der Waals surface area contributed by atoms with Crippen LogP contribution in [0.15, 0.2) is 30.3 Å². The molecule has 0 saturated heterocycles. The van der Waals surface area contributed by atoms with Crippen LogP contribution in [0.5, 0.6) is 0 Å². The highest BCUT2D eigenvalue weighted by atomic mass is 14.2.